The Kier molecular flexibility index (Phi) is 8.80. The third-order valence-corrected chi connectivity index (χ3v) is 2.08. The van der Waals surface area contributed by atoms with Crippen LogP contribution in [0.1, 0.15) is 13.8 Å². The first-order valence-electron chi connectivity index (χ1n) is 5.47. The van der Waals surface area contributed by atoms with Crippen LogP contribution in [0, 0.1) is 0 Å². The van der Waals surface area contributed by atoms with Crippen molar-refractivity contribution in [3.8, 4) is 0 Å². The summed E-state index contributed by atoms with van der Waals surface area (Å²) in [5.41, 5.74) is 0.834. The molecule has 3 N–H and O–H groups in total. The van der Waals surface area contributed by atoms with E-state index in [1.165, 1.54) is 6.92 Å². The number of nitrogens with one attached hydrogen (secondary N) is 1. The van der Waals surface area contributed by atoms with Gasteiger partial charge in [0, 0.05) is 31.9 Å². The second-order valence-electron chi connectivity index (χ2n) is 3.65. The summed E-state index contributed by atoms with van der Waals surface area (Å²) in [6.45, 7) is 6.04. The molecule has 0 spiro atoms. The number of carbonyl (C=O) groups excluding carboxylic acids is 1. The fourth-order valence-electron chi connectivity index (χ4n) is 1.39. The van der Waals surface area contributed by atoms with Crippen LogP contribution < -0.4 is 5.32 Å². The van der Waals surface area contributed by atoms with Gasteiger partial charge in [0.1, 0.15) is 0 Å². The second-order valence-corrected chi connectivity index (χ2v) is 3.65. The highest BCUT2D eigenvalue weighted by atomic mass is 16.3. The lowest BCUT2D eigenvalue weighted by molar-refractivity contribution is -0.112. The molecule has 0 aromatic carbocycles. The molecular formula is C11H22N2O3. The summed E-state index contributed by atoms with van der Waals surface area (Å²) in [4.78, 5) is 12.7. The van der Waals surface area contributed by atoms with Gasteiger partial charge in [-0.25, -0.2) is 0 Å². The zero-order valence-corrected chi connectivity index (χ0v) is 10.1. The van der Waals surface area contributed by atoms with Gasteiger partial charge in [-0.1, -0.05) is 0 Å². The van der Waals surface area contributed by atoms with Crippen molar-refractivity contribution in [1.82, 2.24) is 10.2 Å². The van der Waals surface area contributed by atoms with Crippen molar-refractivity contribution < 1.29 is 15.0 Å². The number of hydrogen-bond donors (Lipinski definition) is 3. The van der Waals surface area contributed by atoms with Gasteiger partial charge in [0.25, 0.3) is 0 Å². The fourth-order valence-corrected chi connectivity index (χ4v) is 1.39. The number of allylic oxidation sites excluding steroid dienone is 2. The zero-order valence-electron chi connectivity index (χ0n) is 10.1. The van der Waals surface area contributed by atoms with Gasteiger partial charge < -0.3 is 15.5 Å². The normalized spacial score (nSPS) is 11.9. The maximum absolute atomic E-state index is 10.8. The van der Waals surface area contributed by atoms with Crippen LogP contribution >= 0.6 is 0 Å². The summed E-state index contributed by atoms with van der Waals surface area (Å²) >= 11 is 0. The number of aliphatic hydroxyl groups is 2. The predicted octanol–water partition coefficient (Wildman–Crippen LogP) is -0.645. The van der Waals surface area contributed by atoms with Gasteiger partial charge in [-0.05, 0) is 19.9 Å². The molecule has 0 aliphatic heterocycles. The summed E-state index contributed by atoms with van der Waals surface area (Å²) < 4.78 is 0. The van der Waals surface area contributed by atoms with E-state index in [9.17, 15) is 4.79 Å². The largest absolute Gasteiger partial charge is 0.395 e. The summed E-state index contributed by atoms with van der Waals surface area (Å²) in [5.74, 6) is 0.0209. The van der Waals surface area contributed by atoms with Gasteiger partial charge in [-0.3, -0.25) is 9.69 Å². The molecule has 0 rings (SSSR count). The Bertz CT molecular complexity index is 223. The van der Waals surface area contributed by atoms with E-state index in [0.717, 1.165) is 12.2 Å². The average molecular weight is 230 g/mol. The number of nitrogens with zero attached hydrogens (tertiary/aromatic N) is 1. The number of hydrogen-bond acceptors (Lipinski definition) is 5. The van der Waals surface area contributed by atoms with Crippen LogP contribution in [0.5, 0.6) is 0 Å². The number of ketones is 1. The van der Waals surface area contributed by atoms with Crippen molar-refractivity contribution in [2.24, 2.45) is 0 Å². The third kappa shape index (κ3) is 8.40. The van der Waals surface area contributed by atoms with Crippen LogP contribution in [-0.4, -0.2) is 60.3 Å². The molecule has 0 bridgehead atoms. The van der Waals surface area contributed by atoms with Crippen molar-refractivity contribution >= 4 is 5.78 Å². The Labute approximate surface area is 96.8 Å². The van der Waals surface area contributed by atoms with E-state index in [0.29, 0.717) is 19.6 Å². The highest BCUT2D eigenvalue weighted by Gasteiger charge is 2.02. The summed E-state index contributed by atoms with van der Waals surface area (Å²) in [6, 6.07) is 0. The van der Waals surface area contributed by atoms with Gasteiger partial charge in [0.2, 0.25) is 0 Å². The van der Waals surface area contributed by atoms with Crippen LogP contribution in [0.4, 0.5) is 0 Å². The molecule has 0 heterocycles. The molecule has 5 heteroatoms. The molecule has 0 saturated heterocycles. The molecular weight excluding hydrogens is 208 g/mol. The molecule has 0 amide bonds. The van der Waals surface area contributed by atoms with Gasteiger partial charge >= 0.3 is 0 Å². The van der Waals surface area contributed by atoms with E-state index < -0.39 is 0 Å². The number of aliphatic hydroxyl groups excluding tert-OH is 2. The minimum absolute atomic E-state index is 0.0209. The Morgan fingerprint density at radius 1 is 1.19 bits per heavy atom. The van der Waals surface area contributed by atoms with Gasteiger partial charge in [0.15, 0.2) is 5.78 Å². The maximum Gasteiger partial charge on any atom is 0.154 e. The predicted molar refractivity (Wildman–Crippen MR) is 63.1 cm³/mol. The molecule has 0 aliphatic carbocycles. The molecule has 0 unspecified atom stereocenters. The fraction of sp³-hybridized carbons (Fsp3) is 0.727. The van der Waals surface area contributed by atoms with Crippen molar-refractivity contribution in [2.75, 3.05) is 39.4 Å². The summed E-state index contributed by atoms with van der Waals surface area (Å²) in [5, 5.41) is 20.7. The SMILES string of the molecule is CC(=O)/C=C(\C)NCCN(CCO)CCO. The summed E-state index contributed by atoms with van der Waals surface area (Å²) in [7, 11) is 0. The lowest BCUT2D eigenvalue weighted by Crippen LogP contribution is -2.35. The quantitative estimate of drug-likeness (QED) is 0.459. The van der Waals surface area contributed by atoms with E-state index in [2.05, 4.69) is 5.32 Å². The van der Waals surface area contributed by atoms with Gasteiger partial charge in [-0.2, -0.15) is 0 Å². The van der Waals surface area contributed by atoms with Crippen molar-refractivity contribution in [3.05, 3.63) is 11.8 Å². The monoisotopic (exact) mass is 230 g/mol. The first-order chi connectivity index (χ1) is 7.60. The van der Waals surface area contributed by atoms with Crippen LogP contribution in [-0.2, 0) is 4.79 Å². The molecule has 16 heavy (non-hydrogen) atoms. The van der Waals surface area contributed by atoms with E-state index in [4.69, 9.17) is 10.2 Å². The molecule has 0 radical (unpaired) electrons. The average Bonchev–Trinajstić information content (AvgIpc) is 2.17. The van der Waals surface area contributed by atoms with Crippen LogP contribution in [0.2, 0.25) is 0 Å². The Hall–Kier alpha value is -0.910. The van der Waals surface area contributed by atoms with Crippen LogP contribution in [0.3, 0.4) is 0 Å². The first-order valence-corrected chi connectivity index (χ1v) is 5.47. The summed E-state index contributed by atoms with van der Waals surface area (Å²) in [6.07, 6.45) is 1.54. The molecule has 0 fully saturated rings. The Morgan fingerprint density at radius 2 is 1.75 bits per heavy atom. The van der Waals surface area contributed by atoms with Crippen LogP contribution in [0.15, 0.2) is 11.8 Å². The van der Waals surface area contributed by atoms with E-state index in [1.807, 2.05) is 11.8 Å². The number of carbonyl (C=O) groups is 1. The topological polar surface area (TPSA) is 72.8 Å². The Morgan fingerprint density at radius 3 is 2.19 bits per heavy atom. The highest BCUT2D eigenvalue weighted by Crippen LogP contribution is 1.89. The first kappa shape index (κ1) is 15.1. The molecule has 94 valence electrons. The van der Waals surface area contributed by atoms with E-state index in [1.54, 1.807) is 6.08 Å². The molecule has 0 aromatic heterocycles. The molecule has 0 saturated carbocycles. The smallest absolute Gasteiger partial charge is 0.154 e. The highest BCUT2D eigenvalue weighted by molar-refractivity contribution is 5.87. The molecule has 0 aromatic rings. The van der Waals surface area contributed by atoms with Gasteiger partial charge in [0.05, 0.1) is 13.2 Å². The molecule has 0 atom stereocenters. The maximum atomic E-state index is 10.8. The lowest BCUT2D eigenvalue weighted by Gasteiger charge is -2.20. The third-order valence-electron chi connectivity index (χ3n) is 2.08. The standard InChI is InChI=1S/C11H22N2O3/c1-10(9-11(2)16)12-3-4-13(5-7-14)6-8-15/h9,12,14-15H,3-8H2,1-2H3/b10-9+. The van der Waals surface area contributed by atoms with E-state index >= 15 is 0 Å². The van der Waals surface area contributed by atoms with E-state index in [-0.39, 0.29) is 19.0 Å². The van der Waals surface area contributed by atoms with Crippen molar-refractivity contribution in [2.45, 2.75) is 13.8 Å². The molecule has 0 aliphatic rings. The van der Waals surface area contributed by atoms with Crippen molar-refractivity contribution in [3.63, 3.8) is 0 Å². The van der Waals surface area contributed by atoms with Gasteiger partial charge in [-0.15, -0.1) is 0 Å². The second kappa shape index (κ2) is 9.33. The minimum Gasteiger partial charge on any atom is -0.395 e. The zero-order chi connectivity index (χ0) is 12.4. The Balaban J connectivity index is 3.80. The van der Waals surface area contributed by atoms with Crippen LogP contribution in [0.25, 0.3) is 0 Å². The number of rotatable bonds is 9. The minimum atomic E-state index is 0.0209. The van der Waals surface area contributed by atoms with Crippen molar-refractivity contribution in [1.29, 1.82) is 0 Å². The lowest BCUT2D eigenvalue weighted by atomic mass is 10.3. The molecule has 5 nitrogen and oxygen atoms in total.